The molecule has 4 nitrogen and oxygen atoms in total. The molecular weight excluding hydrogens is 389 g/mol. The minimum Gasteiger partial charge on any atom is -0.261 e. The van der Waals surface area contributed by atoms with Gasteiger partial charge in [0.2, 0.25) is 0 Å². The molecule has 0 atom stereocenters. The topological polar surface area (TPSA) is 60.4 Å². The first-order valence-electron chi connectivity index (χ1n) is 4.76. The van der Waals surface area contributed by atoms with Gasteiger partial charge in [-0.25, -0.2) is 0 Å². The van der Waals surface area contributed by atoms with Gasteiger partial charge in [0.25, 0.3) is 0 Å². The zero-order valence-electron chi connectivity index (χ0n) is 10.4. The fourth-order valence-corrected chi connectivity index (χ4v) is 0.893. The van der Waals surface area contributed by atoms with E-state index >= 15 is 0 Å². The van der Waals surface area contributed by atoms with Crippen LogP contribution in [0.15, 0.2) is 0 Å². The Labute approximate surface area is 120 Å². The third kappa shape index (κ3) is 6.44. The molecule has 0 aromatic carbocycles. The Balaban J connectivity index is 0. The fourth-order valence-electron chi connectivity index (χ4n) is 0.538. The van der Waals surface area contributed by atoms with Crippen molar-refractivity contribution in [3.63, 3.8) is 0 Å². The quantitative estimate of drug-likeness (QED) is 0.529. The van der Waals surface area contributed by atoms with Crippen LogP contribution in [0, 0.1) is 0 Å². The van der Waals surface area contributed by atoms with Gasteiger partial charge in [0.1, 0.15) is 0 Å². The van der Waals surface area contributed by atoms with Gasteiger partial charge in [0, 0.05) is 6.42 Å². The number of carbonyl (C=O) groups excluding carboxylic acids is 1. The summed E-state index contributed by atoms with van der Waals surface area (Å²) in [4.78, 5) is 9.15. The van der Waals surface area contributed by atoms with E-state index in [2.05, 4.69) is 0 Å². The van der Waals surface area contributed by atoms with Gasteiger partial charge >= 0.3 is 40.7 Å². The summed E-state index contributed by atoms with van der Waals surface area (Å²) in [7, 11) is -6.90. The van der Waals surface area contributed by atoms with Crippen molar-refractivity contribution in [2.24, 2.45) is 0 Å². The summed E-state index contributed by atoms with van der Waals surface area (Å²) >= 11 is 0. The minimum absolute atomic E-state index is 0. The number of carbonyl (C=O) groups is 1. The first-order valence-corrected chi connectivity index (χ1v) is 6.07. The molecule has 0 radical (unpaired) electrons. The van der Waals surface area contributed by atoms with Crippen LogP contribution in [0.1, 0.15) is 13.3 Å². The monoisotopic (exact) mass is 394 g/mol. The lowest BCUT2D eigenvalue weighted by atomic mass is 10.1. The number of halogens is 11. The van der Waals surface area contributed by atoms with E-state index in [9.17, 15) is 56.2 Å². The van der Waals surface area contributed by atoms with E-state index in [1.165, 1.54) is 6.92 Å². The Morgan fingerprint density at radius 3 is 1.39 bits per heavy atom. The Morgan fingerprint density at radius 2 is 1.22 bits per heavy atom. The largest absolute Gasteiger partial charge is 0.460 e. The number of hydrogen-bond acceptors (Lipinski definition) is 4. The Bertz CT molecular complexity index is 509. The van der Waals surface area contributed by atoms with Crippen LogP contribution in [-0.2, 0) is 19.5 Å². The molecule has 0 amide bonds. The van der Waals surface area contributed by atoms with E-state index in [4.69, 9.17) is 4.79 Å². The van der Waals surface area contributed by atoms with Crippen molar-refractivity contribution in [3.05, 3.63) is 0 Å². The third-order valence-electron chi connectivity index (χ3n) is 1.60. The molecule has 140 valence electrons. The van der Waals surface area contributed by atoms with Crippen LogP contribution in [0.2, 0.25) is 0 Å². The molecule has 0 aliphatic heterocycles. The molecule has 0 fully saturated rings. The van der Waals surface area contributed by atoms with Gasteiger partial charge in [-0.3, -0.25) is 4.79 Å². The maximum atomic E-state index is 12.2. The molecule has 0 bridgehead atoms. The van der Waals surface area contributed by atoms with Crippen LogP contribution in [0.5, 0.6) is 0 Å². The van der Waals surface area contributed by atoms with E-state index in [0.717, 1.165) is 0 Å². The van der Waals surface area contributed by atoms with Crippen molar-refractivity contribution < 1.29 is 65.2 Å². The normalized spacial score (nSPS) is 14.1. The predicted octanol–water partition coefficient (Wildman–Crippen LogP) is 3.54. The van der Waals surface area contributed by atoms with Gasteiger partial charge in [-0.2, -0.15) is 56.5 Å². The van der Waals surface area contributed by atoms with Crippen molar-refractivity contribution >= 4 is 16.5 Å². The fraction of sp³-hybridized carbons (Fsp3) is 0.857. The summed E-state index contributed by atoms with van der Waals surface area (Å²) in [5.74, 6) is -14.7. The van der Waals surface area contributed by atoms with Crippen molar-refractivity contribution in [3.8, 4) is 0 Å². The lowest BCUT2D eigenvalue weighted by Crippen LogP contribution is -2.61. The number of alkyl halides is 9. The van der Waals surface area contributed by atoms with E-state index in [1.807, 2.05) is 0 Å². The molecule has 23 heavy (non-hydrogen) atoms. The van der Waals surface area contributed by atoms with E-state index in [0.29, 0.717) is 0 Å². The van der Waals surface area contributed by atoms with Gasteiger partial charge in [-0.05, 0) is 0 Å². The molecule has 0 aromatic heterocycles. The first-order chi connectivity index (χ1) is 9.73. The highest BCUT2D eigenvalue weighted by Crippen LogP contribution is 2.53. The Morgan fingerprint density at radius 1 is 0.913 bits per heavy atom. The molecule has 0 spiro atoms. The van der Waals surface area contributed by atoms with Gasteiger partial charge in [0.05, 0.1) is 0 Å². The lowest BCUT2D eigenvalue weighted by Gasteiger charge is -2.31. The molecule has 0 saturated heterocycles. The standard InChI is InChI=1S/C4F10O3S.C3H5FO/c5-1(6,3(9,10)11)2(7,8)4(12,13)17-18(14,15)16;1-2-3(4)5/h;2H2,1H3. The number of rotatable bonds is 5. The summed E-state index contributed by atoms with van der Waals surface area (Å²) in [6.45, 7) is 1.47. The van der Waals surface area contributed by atoms with Crippen molar-refractivity contribution in [2.45, 2.75) is 37.5 Å². The van der Waals surface area contributed by atoms with Crippen LogP contribution in [0.4, 0.5) is 47.8 Å². The second-order valence-corrected chi connectivity index (χ2v) is 4.30. The van der Waals surface area contributed by atoms with Gasteiger partial charge in [0.15, 0.2) is 0 Å². The molecule has 0 heterocycles. The molecular formula is C7H5F11O4S. The molecule has 0 aliphatic rings. The Kier molecular flexibility index (Phi) is 7.48. The summed E-state index contributed by atoms with van der Waals surface area (Å²) in [5, 5.41) is 0. The molecule has 16 heteroatoms. The highest BCUT2D eigenvalue weighted by Gasteiger charge is 2.83. The van der Waals surface area contributed by atoms with Crippen LogP contribution in [0.25, 0.3) is 0 Å². The molecule has 0 saturated carbocycles. The second kappa shape index (κ2) is 7.14. The van der Waals surface area contributed by atoms with Crippen LogP contribution in [0.3, 0.4) is 0 Å². The highest BCUT2D eigenvalue weighted by atomic mass is 32.3. The minimum atomic E-state index is -7.35. The lowest BCUT2D eigenvalue weighted by molar-refractivity contribution is -0.428. The van der Waals surface area contributed by atoms with Crippen molar-refractivity contribution in [1.29, 1.82) is 0 Å². The molecule has 0 unspecified atom stereocenters. The zero-order valence-corrected chi connectivity index (χ0v) is 11.2. The summed E-state index contributed by atoms with van der Waals surface area (Å²) < 4.78 is 150. The van der Waals surface area contributed by atoms with Gasteiger partial charge in [-0.15, -0.1) is 0 Å². The van der Waals surface area contributed by atoms with E-state index < -0.39 is 40.7 Å². The summed E-state index contributed by atoms with van der Waals surface area (Å²) in [5.41, 5.74) is 0. The molecule has 0 rings (SSSR count). The number of hydrogen-bond donors (Lipinski definition) is 0. The maximum Gasteiger partial charge on any atom is 0.460 e. The van der Waals surface area contributed by atoms with Crippen molar-refractivity contribution in [2.75, 3.05) is 0 Å². The zero-order chi connectivity index (χ0) is 19.5. The van der Waals surface area contributed by atoms with Gasteiger partial charge < -0.3 is 0 Å². The van der Waals surface area contributed by atoms with Crippen molar-refractivity contribution in [1.82, 2.24) is 0 Å². The molecule has 0 aromatic rings. The summed E-state index contributed by atoms with van der Waals surface area (Å²) in [6.07, 6.45) is -14.1. The average Bonchev–Trinajstić information content (AvgIpc) is 2.24. The smallest absolute Gasteiger partial charge is 0.261 e. The first kappa shape index (κ1) is 24.1. The average molecular weight is 394 g/mol. The second-order valence-electron chi connectivity index (χ2n) is 3.35. The molecule has 0 N–H and O–H groups in total. The van der Waals surface area contributed by atoms with Crippen LogP contribution < -0.4 is 0 Å². The summed E-state index contributed by atoms with van der Waals surface area (Å²) in [6, 6.07) is -1.25. The molecule has 0 aliphatic carbocycles. The highest BCUT2D eigenvalue weighted by molar-refractivity contribution is 7.81. The van der Waals surface area contributed by atoms with E-state index in [-0.39, 0.29) is 6.42 Å². The van der Waals surface area contributed by atoms with Gasteiger partial charge in [-0.1, -0.05) is 10.8 Å². The maximum absolute atomic E-state index is 12.2. The third-order valence-corrected chi connectivity index (χ3v) is 2.01. The van der Waals surface area contributed by atoms with E-state index in [1.54, 1.807) is 4.18 Å². The van der Waals surface area contributed by atoms with Crippen LogP contribution in [-0.4, -0.2) is 38.6 Å². The Hall–Kier alpha value is -1.19. The predicted molar refractivity (Wildman–Crippen MR) is 48.4 cm³/mol. The SMILES string of the molecule is CCC(=O)F.O=S(=O)(F)OC(F)(F)C(F)(F)C(F)(F)C(F)(F)F. The van der Waals surface area contributed by atoms with Crippen LogP contribution >= 0.6 is 0 Å².